The number of nitrogens with one attached hydrogen (secondary N) is 3. The first-order chi connectivity index (χ1) is 10.6. The lowest BCUT2D eigenvalue weighted by Gasteiger charge is -2.05. The van der Waals surface area contributed by atoms with Gasteiger partial charge in [0, 0.05) is 12.3 Å². The second kappa shape index (κ2) is 6.62. The van der Waals surface area contributed by atoms with Gasteiger partial charge in [-0.3, -0.25) is 14.9 Å². The molecular weight excluding hydrogens is 290 g/mol. The van der Waals surface area contributed by atoms with Crippen molar-refractivity contribution >= 4 is 23.2 Å². The molecule has 0 bridgehead atoms. The molecule has 0 saturated heterocycles. The van der Waals surface area contributed by atoms with E-state index in [1.165, 1.54) is 30.6 Å². The second-order valence-corrected chi connectivity index (χ2v) is 3.88. The van der Waals surface area contributed by atoms with E-state index in [0.717, 1.165) is 6.20 Å². The molecule has 3 N–H and O–H groups in total. The topological polar surface area (TPSA) is 150 Å². The Hall–Kier alpha value is -3.74. The van der Waals surface area contributed by atoms with Crippen molar-refractivity contribution in [1.82, 2.24) is 15.2 Å². The van der Waals surface area contributed by atoms with Crippen LogP contribution in [0, 0.1) is 21.4 Å². The van der Waals surface area contributed by atoms with Crippen molar-refractivity contribution < 1.29 is 9.72 Å². The predicted octanol–water partition coefficient (Wildman–Crippen LogP) is 1.17. The Bertz CT molecular complexity index is 761. The Balaban J connectivity index is 2.15. The number of nitro benzene ring substituents is 1. The molecule has 0 unspecified atom stereocenters. The van der Waals surface area contributed by atoms with E-state index in [9.17, 15) is 14.9 Å². The van der Waals surface area contributed by atoms with Crippen LogP contribution in [0.2, 0.25) is 0 Å². The highest BCUT2D eigenvalue weighted by molar-refractivity contribution is 6.07. The maximum atomic E-state index is 12.0. The third-order valence-corrected chi connectivity index (χ3v) is 2.48. The molecule has 0 saturated carbocycles. The maximum absolute atomic E-state index is 12.0. The van der Waals surface area contributed by atoms with Gasteiger partial charge in [-0.1, -0.05) is 12.1 Å². The molecule has 0 aliphatic rings. The van der Waals surface area contributed by atoms with E-state index >= 15 is 0 Å². The first kappa shape index (κ1) is 14.7. The van der Waals surface area contributed by atoms with Crippen LogP contribution in [0.1, 0.15) is 0 Å². The van der Waals surface area contributed by atoms with Gasteiger partial charge in [0.1, 0.15) is 23.7 Å². The first-order valence-corrected chi connectivity index (χ1v) is 5.88. The van der Waals surface area contributed by atoms with Gasteiger partial charge in [-0.15, -0.1) is 0 Å². The first-order valence-electron chi connectivity index (χ1n) is 5.88. The van der Waals surface area contributed by atoms with Gasteiger partial charge in [0.25, 0.3) is 11.6 Å². The Morgan fingerprint density at radius 3 is 2.86 bits per heavy atom. The van der Waals surface area contributed by atoms with Crippen LogP contribution in [-0.2, 0) is 4.79 Å². The molecule has 1 amide bonds. The molecule has 1 heterocycles. The van der Waals surface area contributed by atoms with Gasteiger partial charge in [-0.2, -0.15) is 15.3 Å². The normalized spacial score (nSPS) is 10.6. The Morgan fingerprint density at radius 2 is 2.23 bits per heavy atom. The fourth-order valence-electron chi connectivity index (χ4n) is 1.49. The minimum Gasteiger partial charge on any atom is -0.330 e. The summed E-state index contributed by atoms with van der Waals surface area (Å²) >= 11 is 0. The number of aromatic amines is 1. The lowest BCUT2D eigenvalue weighted by Crippen LogP contribution is -2.15. The Kier molecular flexibility index (Phi) is 4.41. The van der Waals surface area contributed by atoms with E-state index in [4.69, 9.17) is 5.26 Å². The number of carbonyl (C=O) groups excluding carboxylic acids is 1. The van der Waals surface area contributed by atoms with Gasteiger partial charge in [-0.25, -0.2) is 5.10 Å². The second-order valence-electron chi connectivity index (χ2n) is 3.88. The van der Waals surface area contributed by atoms with Crippen molar-refractivity contribution in [2.24, 2.45) is 0 Å². The number of hydrogen-bond donors (Lipinski definition) is 3. The van der Waals surface area contributed by atoms with Gasteiger partial charge >= 0.3 is 0 Å². The van der Waals surface area contributed by atoms with Crippen LogP contribution < -0.4 is 10.6 Å². The van der Waals surface area contributed by atoms with Crippen LogP contribution in [0.3, 0.4) is 0 Å². The van der Waals surface area contributed by atoms with Crippen molar-refractivity contribution in [3.05, 3.63) is 52.5 Å². The molecule has 1 aromatic carbocycles. The summed E-state index contributed by atoms with van der Waals surface area (Å²) in [6.07, 6.45) is 2.36. The number of aromatic nitrogens is 3. The molecule has 0 radical (unpaired) electrons. The maximum Gasteiger partial charge on any atom is 0.292 e. The average Bonchev–Trinajstić information content (AvgIpc) is 3.01. The fraction of sp³-hybridized carbons (Fsp3) is 0. The van der Waals surface area contributed by atoms with E-state index in [-0.39, 0.29) is 22.9 Å². The predicted molar refractivity (Wildman–Crippen MR) is 75.4 cm³/mol. The highest BCUT2D eigenvalue weighted by Crippen LogP contribution is 2.23. The fourth-order valence-corrected chi connectivity index (χ4v) is 1.49. The summed E-state index contributed by atoms with van der Waals surface area (Å²) in [5, 5.41) is 30.8. The summed E-state index contributed by atoms with van der Waals surface area (Å²) in [4.78, 5) is 26.0. The number of H-pyrrole nitrogens is 1. The van der Waals surface area contributed by atoms with Gasteiger partial charge in [0.15, 0.2) is 0 Å². The van der Waals surface area contributed by atoms with E-state index in [1.807, 2.05) is 0 Å². The van der Waals surface area contributed by atoms with Crippen molar-refractivity contribution in [3.63, 3.8) is 0 Å². The van der Waals surface area contributed by atoms with Gasteiger partial charge < -0.3 is 10.6 Å². The monoisotopic (exact) mass is 299 g/mol. The summed E-state index contributed by atoms with van der Waals surface area (Å²) in [7, 11) is 0. The van der Waals surface area contributed by atoms with Gasteiger partial charge in [-0.05, 0) is 6.07 Å². The zero-order chi connectivity index (χ0) is 15.9. The molecule has 0 aliphatic heterocycles. The van der Waals surface area contributed by atoms with Crippen molar-refractivity contribution in [1.29, 1.82) is 5.26 Å². The summed E-state index contributed by atoms with van der Waals surface area (Å²) in [6.45, 7) is 0. The number of hydrogen-bond acceptors (Lipinski definition) is 7. The van der Waals surface area contributed by atoms with Crippen LogP contribution in [-0.4, -0.2) is 26.0 Å². The number of nitrogens with zero attached hydrogens (tertiary/aromatic N) is 4. The summed E-state index contributed by atoms with van der Waals surface area (Å²) in [6, 6.07) is 7.31. The van der Waals surface area contributed by atoms with Crippen LogP contribution in [0.15, 0.2) is 42.4 Å². The van der Waals surface area contributed by atoms with Gasteiger partial charge in [0.2, 0.25) is 5.95 Å². The summed E-state index contributed by atoms with van der Waals surface area (Å²) < 4.78 is 0. The summed E-state index contributed by atoms with van der Waals surface area (Å²) in [5.74, 6) is -0.546. The summed E-state index contributed by atoms with van der Waals surface area (Å²) in [5.41, 5.74) is -0.552. The minimum atomic E-state index is -0.788. The lowest BCUT2D eigenvalue weighted by molar-refractivity contribution is -0.383. The number of para-hydroxylation sites is 2. The number of nitro groups is 1. The number of amides is 1. The molecule has 2 rings (SSSR count). The number of anilines is 2. The third kappa shape index (κ3) is 3.42. The largest absolute Gasteiger partial charge is 0.330 e. The number of carbonyl (C=O) groups is 1. The van der Waals surface area contributed by atoms with Crippen LogP contribution in [0.4, 0.5) is 17.3 Å². The lowest BCUT2D eigenvalue weighted by atomic mass is 10.2. The number of nitriles is 1. The molecule has 22 heavy (non-hydrogen) atoms. The highest BCUT2D eigenvalue weighted by atomic mass is 16.6. The standard InChI is InChI=1S/C12H9N7O3/c13-5-8(6-14-12-15-7-16-18-12)11(20)17-9-3-1-2-4-10(9)19(21)22/h1-4,6-7H,(H,17,20)(H2,14,15,16,18)/b8-6-. The van der Waals surface area contributed by atoms with E-state index in [1.54, 1.807) is 6.07 Å². The van der Waals surface area contributed by atoms with Crippen LogP contribution in [0.5, 0.6) is 0 Å². The molecule has 0 spiro atoms. The molecule has 110 valence electrons. The SMILES string of the molecule is N#C/C(=C/Nc1ncn[nH]1)C(=O)Nc1ccccc1[N+](=O)[O-]. The Morgan fingerprint density at radius 1 is 1.45 bits per heavy atom. The number of rotatable bonds is 5. The van der Waals surface area contributed by atoms with E-state index in [2.05, 4.69) is 25.8 Å². The highest BCUT2D eigenvalue weighted by Gasteiger charge is 2.17. The van der Waals surface area contributed by atoms with Crippen molar-refractivity contribution in [2.75, 3.05) is 10.6 Å². The zero-order valence-electron chi connectivity index (χ0n) is 11.0. The van der Waals surface area contributed by atoms with E-state index < -0.39 is 10.8 Å². The van der Waals surface area contributed by atoms with Crippen LogP contribution >= 0.6 is 0 Å². The van der Waals surface area contributed by atoms with Crippen molar-refractivity contribution in [3.8, 4) is 6.07 Å². The zero-order valence-corrected chi connectivity index (χ0v) is 11.0. The molecule has 0 atom stereocenters. The third-order valence-electron chi connectivity index (χ3n) is 2.48. The molecule has 1 aromatic heterocycles. The number of benzene rings is 1. The van der Waals surface area contributed by atoms with Crippen LogP contribution in [0.25, 0.3) is 0 Å². The molecule has 10 heteroatoms. The molecule has 0 fully saturated rings. The molecular formula is C12H9N7O3. The average molecular weight is 299 g/mol. The minimum absolute atomic E-state index is 0.00156. The molecule has 0 aliphatic carbocycles. The van der Waals surface area contributed by atoms with Gasteiger partial charge in [0.05, 0.1) is 4.92 Å². The molecule has 10 nitrogen and oxygen atoms in total. The Labute approximate surface area is 123 Å². The molecule has 2 aromatic rings. The van der Waals surface area contributed by atoms with Crippen molar-refractivity contribution in [2.45, 2.75) is 0 Å². The smallest absolute Gasteiger partial charge is 0.292 e. The quantitative estimate of drug-likeness (QED) is 0.324. The van der Waals surface area contributed by atoms with E-state index in [0.29, 0.717) is 0 Å².